The number of rotatable bonds is 15. The molecule has 192 valence electrons. The summed E-state index contributed by atoms with van der Waals surface area (Å²) in [5.74, 6) is 0.479. The highest BCUT2D eigenvalue weighted by molar-refractivity contribution is 6.77. The summed E-state index contributed by atoms with van der Waals surface area (Å²) in [4.78, 5) is 0. The summed E-state index contributed by atoms with van der Waals surface area (Å²) in [6, 6.07) is 0. The van der Waals surface area contributed by atoms with Crippen LogP contribution in [0.3, 0.4) is 0 Å². The van der Waals surface area contributed by atoms with Gasteiger partial charge >= 0.3 is 0 Å². The lowest BCUT2D eigenvalue weighted by Gasteiger charge is -2.45. The molecule has 0 aromatic heterocycles. The summed E-state index contributed by atoms with van der Waals surface area (Å²) in [6.45, 7) is 33.8. The van der Waals surface area contributed by atoms with E-state index in [1.165, 1.54) is 31.3 Å². The summed E-state index contributed by atoms with van der Waals surface area (Å²) in [6.07, 6.45) is 8.94. The second-order valence-corrected chi connectivity index (χ2v) is 22.9. The van der Waals surface area contributed by atoms with E-state index in [0.717, 1.165) is 13.0 Å². The van der Waals surface area contributed by atoms with Gasteiger partial charge in [0.2, 0.25) is 8.32 Å². The molecule has 1 atom stereocenters. The van der Waals surface area contributed by atoms with Gasteiger partial charge in [-0.25, -0.2) is 0 Å². The van der Waals surface area contributed by atoms with E-state index in [0.29, 0.717) is 22.5 Å². The first kappa shape index (κ1) is 32.1. The van der Waals surface area contributed by atoms with Crippen molar-refractivity contribution in [3.63, 3.8) is 0 Å². The topological polar surface area (TPSA) is 18.5 Å². The lowest BCUT2D eigenvalue weighted by Crippen LogP contribution is -2.50. The van der Waals surface area contributed by atoms with Gasteiger partial charge in [0.15, 0.2) is 8.32 Å². The molecule has 32 heavy (non-hydrogen) atoms. The standard InChI is InChI=1S/C28H60O2Si2/c1-15-16-17-18-19-27(30-32(23(4)5,24(6)7)25(8)9)26(22(2)3)20-21-29-31(13,14)28(10,11)12/h20,22-25,27H,15-19,21H2,1-14H3/b26-20+. The molecule has 1 unspecified atom stereocenters. The highest BCUT2D eigenvalue weighted by Crippen LogP contribution is 2.45. The lowest BCUT2D eigenvalue weighted by atomic mass is 9.93. The molecule has 0 aromatic rings. The monoisotopic (exact) mass is 484 g/mol. The predicted molar refractivity (Wildman–Crippen MR) is 151 cm³/mol. The fraction of sp³-hybridized carbons (Fsp3) is 0.929. The first-order valence-corrected chi connectivity index (χ1v) is 18.6. The van der Waals surface area contributed by atoms with Crippen molar-refractivity contribution < 1.29 is 8.85 Å². The van der Waals surface area contributed by atoms with Crippen LogP contribution in [0.25, 0.3) is 0 Å². The number of hydrogen-bond acceptors (Lipinski definition) is 2. The molecule has 0 aromatic carbocycles. The van der Waals surface area contributed by atoms with E-state index in [-0.39, 0.29) is 11.1 Å². The third kappa shape index (κ3) is 9.04. The van der Waals surface area contributed by atoms with Crippen molar-refractivity contribution in [3.05, 3.63) is 11.6 Å². The van der Waals surface area contributed by atoms with Crippen LogP contribution in [0.1, 0.15) is 115 Å². The second kappa shape index (κ2) is 13.8. The van der Waals surface area contributed by atoms with Crippen molar-refractivity contribution in [1.82, 2.24) is 0 Å². The van der Waals surface area contributed by atoms with Crippen molar-refractivity contribution in [3.8, 4) is 0 Å². The summed E-state index contributed by atoms with van der Waals surface area (Å²) in [5, 5.41) is 0.240. The van der Waals surface area contributed by atoms with Crippen LogP contribution in [0.2, 0.25) is 34.8 Å². The van der Waals surface area contributed by atoms with Crippen LogP contribution in [0, 0.1) is 5.92 Å². The summed E-state index contributed by atoms with van der Waals surface area (Å²) in [7, 11) is -3.70. The molecule has 0 fully saturated rings. The molecule has 0 aliphatic heterocycles. The maximum Gasteiger partial charge on any atom is 0.201 e. The van der Waals surface area contributed by atoms with Crippen LogP contribution in [0.5, 0.6) is 0 Å². The predicted octanol–water partition coefficient (Wildman–Crippen LogP) is 10.1. The Morgan fingerprint density at radius 3 is 1.69 bits per heavy atom. The molecule has 0 radical (unpaired) electrons. The largest absolute Gasteiger partial charge is 0.413 e. The van der Waals surface area contributed by atoms with Crippen molar-refractivity contribution in [2.75, 3.05) is 6.61 Å². The van der Waals surface area contributed by atoms with E-state index in [2.05, 4.69) is 102 Å². The third-order valence-corrected chi connectivity index (χ3v) is 18.6. The zero-order chi connectivity index (χ0) is 25.3. The zero-order valence-corrected chi connectivity index (χ0v) is 26.5. The average molecular weight is 485 g/mol. The summed E-state index contributed by atoms with van der Waals surface area (Å²) >= 11 is 0. The van der Waals surface area contributed by atoms with Gasteiger partial charge in [0.1, 0.15) is 0 Å². The lowest BCUT2D eigenvalue weighted by molar-refractivity contribution is 0.181. The molecular formula is C28H60O2Si2. The van der Waals surface area contributed by atoms with Gasteiger partial charge < -0.3 is 8.85 Å². The van der Waals surface area contributed by atoms with Gasteiger partial charge in [-0.2, -0.15) is 0 Å². The Balaban J connectivity index is 5.99. The minimum Gasteiger partial charge on any atom is -0.413 e. The zero-order valence-electron chi connectivity index (χ0n) is 24.5. The minimum atomic E-state index is -1.95. The van der Waals surface area contributed by atoms with Crippen molar-refractivity contribution in [2.24, 2.45) is 5.92 Å². The van der Waals surface area contributed by atoms with Crippen LogP contribution >= 0.6 is 0 Å². The van der Waals surface area contributed by atoms with Gasteiger partial charge in [-0.05, 0) is 52.7 Å². The van der Waals surface area contributed by atoms with E-state index < -0.39 is 16.6 Å². The van der Waals surface area contributed by atoms with E-state index in [1.54, 1.807) is 0 Å². The molecular weight excluding hydrogens is 424 g/mol. The van der Waals surface area contributed by atoms with Crippen LogP contribution in [-0.2, 0) is 8.85 Å². The molecule has 0 rings (SSSR count). The van der Waals surface area contributed by atoms with Crippen LogP contribution in [0.15, 0.2) is 11.6 Å². The molecule has 4 heteroatoms. The first-order valence-electron chi connectivity index (χ1n) is 13.6. The highest BCUT2D eigenvalue weighted by atomic mass is 28.4. The van der Waals surface area contributed by atoms with Crippen LogP contribution in [-0.4, -0.2) is 29.3 Å². The van der Waals surface area contributed by atoms with Crippen LogP contribution < -0.4 is 0 Å². The molecule has 0 N–H and O–H groups in total. The second-order valence-electron chi connectivity index (χ2n) is 12.7. The number of unbranched alkanes of at least 4 members (excludes halogenated alkanes) is 3. The minimum absolute atomic E-state index is 0.230. The van der Waals surface area contributed by atoms with Gasteiger partial charge in [0.25, 0.3) is 0 Å². The van der Waals surface area contributed by atoms with Gasteiger partial charge in [0.05, 0.1) is 12.7 Å². The maximum absolute atomic E-state index is 7.40. The Morgan fingerprint density at radius 2 is 1.31 bits per heavy atom. The molecule has 0 aliphatic carbocycles. The Hall–Kier alpha value is 0.0938. The first-order chi connectivity index (χ1) is 14.5. The summed E-state index contributed by atoms with van der Waals surface area (Å²) in [5.41, 5.74) is 3.30. The van der Waals surface area contributed by atoms with E-state index in [4.69, 9.17) is 8.85 Å². The third-order valence-electron chi connectivity index (χ3n) is 7.98. The quantitative estimate of drug-likeness (QED) is 0.131. The van der Waals surface area contributed by atoms with Gasteiger partial charge in [0, 0.05) is 0 Å². The SMILES string of the molecule is CCCCCCC(O[Si](C(C)C)(C(C)C)C(C)C)/C(=C/CO[Si](C)(C)C(C)(C)C)C(C)C. The Bertz CT molecular complexity index is 520. The fourth-order valence-corrected chi connectivity index (χ4v) is 11.5. The van der Waals surface area contributed by atoms with Gasteiger partial charge in [-0.15, -0.1) is 0 Å². The summed E-state index contributed by atoms with van der Waals surface area (Å²) < 4.78 is 14.0. The molecule has 2 nitrogen and oxygen atoms in total. The Kier molecular flexibility index (Phi) is 13.9. The van der Waals surface area contributed by atoms with E-state index >= 15 is 0 Å². The molecule has 0 saturated heterocycles. The van der Waals surface area contributed by atoms with Gasteiger partial charge in [-0.3, -0.25) is 0 Å². The molecule has 0 aliphatic rings. The normalized spacial score (nSPS) is 15.5. The average Bonchev–Trinajstić information content (AvgIpc) is 2.63. The smallest absolute Gasteiger partial charge is 0.201 e. The maximum atomic E-state index is 7.40. The molecule has 0 amide bonds. The van der Waals surface area contributed by atoms with Crippen molar-refractivity contribution >= 4 is 16.6 Å². The van der Waals surface area contributed by atoms with Gasteiger partial charge in [-0.1, -0.05) is 115 Å². The molecule has 0 saturated carbocycles. The highest BCUT2D eigenvalue weighted by Gasteiger charge is 2.47. The van der Waals surface area contributed by atoms with E-state index in [1.807, 2.05) is 0 Å². The fourth-order valence-electron chi connectivity index (χ4n) is 5.01. The van der Waals surface area contributed by atoms with Crippen molar-refractivity contribution in [1.29, 1.82) is 0 Å². The van der Waals surface area contributed by atoms with Crippen LogP contribution in [0.4, 0.5) is 0 Å². The Morgan fingerprint density at radius 1 is 0.812 bits per heavy atom. The molecule has 0 spiro atoms. The van der Waals surface area contributed by atoms with E-state index in [9.17, 15) is 0 Å². The van der Waals surface area contributed by atoms with Crippen molar-refractivity contribution in [2.45, 2.75) is 156 Å². The molecule has 0 heterocycles. The Labute approximate surface area is 205 Å². The number of hydrogen-bond donors (Lipinski definition) is 0. The molecule has 0 bridgehead atoms.